The van der Waals surface area contributed by atoms with Gasteiger partial charge in [0.25, 0.3) is 0 Å². The van der Waals surface area contributed by atoms with Crippen LogP contribution in [0.1, 0.15) is 16.1 Å². The number of fused-ring (bicyclic) bond motifs is 3. The van der Waals surface area contributed by atoms with E-state index in [2.05, 4.69) is 9.97 Å². The van der Waals surface area contributed by atoms with E-state index < -0.39 is 5.97 Å². The van der Waals surface area contributed by atoms with Gasteiger partial charge < -0.3 is 15.1 Å². The minimum atomic E-state index is -0.939. The monoisotopic (exact) mass is 214 g/mol. The summed E-state index contributed by atoms with van der Waals surface area (Å²) in [4.78, 5) is 16.9. The van der Waals surface area contributed by atoms with E-state index in [4.69, 9.17) is 5.11 Å². The third-order valence-corrected chi connectivity index (χ3v) is 2.76. The molecule has 0 bridgehead atoms. The molecule has 2 aromatic heterocycles. The maximum atomic E-state index is 10.8. The first-order chi connectivity index (χ1) is 7.65. The summed E-state index contributed by atoms with van der Waals surface area (Å²) in [6.45, 7) is 2.01. The van der Waals surface area contributed by atoms with E-state index in [0.717, 1.165) is 27.5 Å². The van der Waals surface area contributed by atoms with Gasteiger partial charge >= 0.3 is 5.97 Å². The van der Waals surface area contributed by atoms with Crippen LogP contribution in [0.5, 0.6) is 0 Å². The molecule has 80 valence electrons. The van der Waals surface area contributed by atoms with Crippen LogP contribution in [0, 0.1) is 6.92 Å². The maximum absolute atomic E-state index is 10.8. The molecular formula is C12H10N2O2. The summed E-state index contributed by atoms with van der Waals surface area (Å²) in [6.07, 6.45) is 0. The van der Waals surface area contributed by atoms with Crippen molar-refractivity contribution in [2.75, 3.05) is 0 Å². The van der Waals surface area contributed by atoms with Crippen LogP contribution in [-0.2, 0) is 0 Å². The van der Waals surface area contributed by atoms with Gasteiger partial charge in [-0.2, -0.15) is 0 Å². The van der Waals surface area contributed by atoms with E-state index in [1.54, 1.807) is 6.07 Å². The Morgan fingerprint density at radius 2 is 2.00 bits per heavy atom. The van der Waals surface area contributed by atoms with Crippen LogP contribution in [0.3, 0.4) is 0 Å². The Balaban J connectivity index is 2.40. The van der Waals surface area contributed by atoms with Crippen LogP contribution in [0.25, 0.3) is 21.9 Å². The highest BCUT2D eigenvalue weighted by molar-refractivity contribution is 6.08. The van der Waals surface area contributed by atoms with E-state index >= 15 is 0 Å². The summed E-state index contributed by atoms with van der Waals surface area (Å²) in [5.74, 6) is -0.939. The van der Waals surface area contributed by atoms with Crippen LogP contribution in [0.15, 0.2) is 24.3 Å². The van der Waals surface area contributed by atoms with Crippen LogP contribution >= 0.6 is 0 Å². The molecule has 0 fully saturated rings. The number of rotatable bonds is 1. The van der Waals surface area contributed by atoms with Crippen molar-refractivity contribution >= 4 is 27.9 Å². The van der Waals surface area contributed by atoms with E-state index in [0.29, 0.717) is 0 Å². The number of H-pyrrole nitrogens is 2. The van der Waals surface area contributed by atoms with Crippen molar-refractivity contribution in [3.8, 4) is 0 Å². The Kier molecular flexibility index (Phi) is 1.63. The molecule has 0 aliphatic rings. The molecule has 0 spiro atoms. The molecule has 0 aliphatic heterocycles. The maximum Gasteiger partial charge on any atom is 0.352 e. The van der Waals surface area contributed by atoms with E-state index in [-0.39, 0.29) is 5.69 Å². The number of carboxylic acid groups (broad SMARTS) is 1. The summed E-state index contributed by atoms with van der Waals surface area (Å²) in [6, 6.07) is 7.68. The Hall–Kier alpha value is -2.23. The van der Waals surface area contributed by atoms with Crippen molar-refractivity contribution in [3.63, 3.8) is 0 Å². The Bertz CT molecular complexity index is 706. The molecule has 0 saturated carbocycles. The van der Waals surface area contributed by atoms with Crippen molar-refractivity contribution in [2.24, 2.45) is 0 Å². The van der Waals surface area contributed by atoms with Gasteiger partial charge in [-0.05, 0) is 25.1 Å². The zero-order valence-corrected chi connectivity index (χ0v) is 8.66. The van der Waals surface area contributed by atoms with Crippen molar-refractivity contribution in [1.29, 1.82) is 0 Å². The second-order valence-electron chi connectivity index (χ2n) is 3.95. The second kappa shape index (κ2) is 2.88. The molecule has 4 nitrogen and oxygen atoms in total. The molecule has 0 radical (unpaired) electrons. The number of hydrogen-bond acceptors (Lipinski definition) is 1. The number of benzene rings is 1. The Morgan fingerprint density at radius 1 is 1.19 bits per heavy atom. The Labute approximate surface area is 90.9 Å². The fourth-order valence-electron chi connectivity index (χ4n) is 2.00. The molecular weight excluding hydrogens is 204 g/mol. The predicted octanol–water partition coefficient (Wildman–Crippen LogP) is 2.66. The molecule has 0 atom stereocenters. The first-order valence-electron chi connectivity index (χ1n) is 4.99. The number of hydrogen-bond donors (Lipinski definition) is 3. The van der Waals surface area contributed by atoms with Crippen LogP contribution in [0.4, 0.5) is 0 Å². The van der Waals surface area contributed by atoms with Crippen LogP contribution in [0.2, 0.25) is 0 Å². The molecule has 16 heavy (non-hydrogen) atoms. The van der Waals surface area contributed by atoms with Gasteiger partial charge in [0.2, 0.25) is 0 Å². The van der Waals surface area contributed by atoms with Gasteiger partial charge in [0.1, 0.15) is 5.69 Å². The molecule has 0 amide bonds. The van der Waals surface area contributed by atoms with E-state index in [1.807, 2.05) is 25.1 Å². The number of nitrogens with one attached hydrogen (secondary N) is 2. The van der Waals surface area contributed by atoms with Gasteiger partial charge in [0.05, 0.1) is 11.0 Å². The summed E-state index contributed by atoms with van der Waals surface area (Å²) >= 11 is 0. The first kappa shape index (κ1) is 9.03. The van der Waals surface area contributed by atoms with Crippen LogP contribution in [-0.4, -0.2) is 21.0 Å². The predicted molar refractivity (Wildman–Crippen MR) is 61.9 cm³/mol. The number of aromatic nitrogens is 2. The lowest BCUT2D eigenvalue weighted by atomic mass is 10.2. The Morgan fingerprint density at radius 3 is 2.75 bits per heavy atom. The molecule has 1 aromatic carbocycles. The average Bonchev–Trinajstić information content (AvgIpc) is 2.75. The van der Waals surface area contributed by atoms with E-state index in [1.165, 1.54) is 0 Å². The number of aryl methyl sites for hydroxylation is 1. The number of carbonyl (C=O) groups is 1. The lowest BCUT2D eigenvalue weighted by molar-refractivity contribution is 0.0691. The van der Waals surface area contributed by atoms with Gasteiger partial charge in [0.15, 0.2) is 0 Å². The molecule has 3 aromatic rings. The van der Waals surface area contributed by atoms with Gasteiger partial charge in [0, 0.05) is 10.9 Å². The molecule has 0 aliphatic carbocycles. The summed E-state index contributed by atoms with van der Waals surface area (Å²) < 4.78 is 0. The lowest BCUT2D eigenvalue weighted by Gasteiger charge is -1.93. The van der Waals surface area contributed by atoms with Crippen molar-refractivity contribution in [3.05, 3.63) is 35.5 Å². The number of carboxylic acids is 1. The highest BCUT2D eigenvalue weighted by atomic mass is 16.4. The highest BCUT2D eigenvalue weighted by Gasteiger charge is 2.11. The van der Waals surface area contributed by atoms with Crippen molar-refractivity contribution in [1.82, 2.24) is 9.97 Å². The quantitative estimate of drug-likeness (QED) is 0.582. The highest BCUT2D eigenvalue weighted by Crippen LogP contribution is 2.26. The van der Waals surface area contributed by atoms with E-state index in [9.17, 15) is 4.79 Å². The second-order valence-corrected chi connectivity index (χ2v) is 3.95. The number of aromatic carboxylic acids is 1. The first-order valence-corrected chi connectivity index (χ1v) is 4.99. The third-order valence-electron chi connectivity index (χ3n) is 2.76. The molecule has 4 heteroatoms. The normalized spacial score (nSPS) is 11.3. The minimum absolute atomic E-state index is 0.213. The molecule has 3 N–H and O–H groups in total. The summed E-state index contributed by atoms with van der Waals surface area (Å²) in [5, 5.41) is 9.92. The smallest absolute Gasteiger partial charge is 0.352 e. The molecule has 3 rings (SSSR count). The third kappa shape index (κ3) is 1.13. The topological polar surface area (TPSA) is 68.9 Å². The molecule has 2 heterocycles. The van der Waals surface area contributed by atoms with Crippen molar-refractivity contribution in [2.45, 2.75) is 6.92 Å². The minimum Gasteiger partial charge on any atom is -0.477 e. The zero-order valence-electron chi connectivity index (χ0n) is 8.66. The zero-order chi connectivity index (χ0) is 11.3. The SMILES string of the molecule is Cc1ccc2[nH]c3cc(C(=O)O)[nH]c3c2c1. The van der Waals surface area contributed by atoms with Gasteiger partial charge in [-0.1, -0.05) is 11.6 Å². The van der Waals surface area contributed by atoms with Crippen LogP contribution < -0.4 is 0 Å². The van der Waals surface area contributed by atoms with Gasteiger partial charge in [-0.25, -0.2) is 4.79 Å². The van der Waals surface area contributed by atoms with Gasteiger partial charge in [-0.15, -0.1) is 0 Å². The molecule has 0 unspecified atom stereocenters. The largest absolute Gasteiger partial charge is 0.477 e. The van der Waals surface area contributed by atoms with Gasteiger partial charge in [-0.3, -0.25) is 0 Å². The lowest BCUT2D eigenvalue weighted by Crippen LogP contribution is -1.95. The average molecular weight is 214 g/mol. The summed E-state index contributed by atoms with van der Waals surface area (Å²) in [7, 11) is 0. The summed E-state index contributed by atoms with van der Waals surface area (Å²) in [5.41, 5.74) is 4.07. The fourth-order valence-corrected chi connectivity index (χ4v) is 2.00. The molecule has 0 saturated heterocycles. The number of aromatic amines is 2. The fraction of sp³-hybridized carbons (Fsp3) is 0.0833. The standard InChI is InChI=1S/C12H10N2O2/c1-6-2-3-8-7(4-6)11-9(13-8)5-10(14-11)12(15)16/h2-5,13-14H,1H3,(H,15,16). The van der Waals surface area contributed by atoms with Crippen molar-refractivity contribution < 1.29 is 9.90 Å².